The summed E-state index contributed by atoms with van der Waals surface area (Å²) in [5.74, 6) is 0. The first kappa shape index (κ1) is 26.3. The number of nitrogens with zero attached hydrogens (tertiary/aromatic N) is 1. The second kappa shape index (κ2) is 10.8. The van der Waals surface area contributed by atoms with Crippen molar-refractivity contribution in [3.05, 3.63) is 176 Å². The summed E-state index contributed by atoms with van der Waals surface area (Å²) in [6.45, 7) is 0. The maximum Gasteiger partial charge on any atom is 0.160 e. The molecule has 0 saturated carbocycles. The van der Waals surface area contributed by atoms with Crippen molar-refractivity contribution in [2.75, 3.05) is 4.90 Å². The zero-order valence-electron chi connectivity index (χ0n) is 25.1. The number of hydrogen-bond donors (Lipinski definition) is 0. The summed E-state index contributed by atoms with van der Waals surface area (Å²) in [5, 5.41) is 7.01. The van der Waals surface area contributed by atoms with E-state index in [1.165, 1.54) is 43.8 Å². The predicted octanol–water partition coefficient (Wildman–Crippen LogP) is 12.7. The summed E-state index contributed by atoms with van der Waals surface area (Å²) in [6.07, 6.45) is 0. The first-order valence-corrected chi connectivity index (χ1v) is 15.7. The number of hydrogen-bond acceptors (Lipinski definition) is 2. The van der Waals surface area contributed by atoms with Crippen LogP contribution in [0.5, 0.6) is 0 Å². The fraction of sp³-hybridized carbons (Fsp3) is 0. The molecule has 0 aliphatic carbocycles. The lowest BCUT2D eigenvalue weighted by Crippen LogP contribution is -2.11. The highest BCUT2D eigenvalue weighted by Crippen LogP contribution is 2.48. The molecule has 0 N–H and O–H groups in total. The Labute approximate surface area is 267 Å². The van der Waals surface area contributed by atoms with Gasteiger partial charge in [-0.1, -0.05) is 146 Å². The van der Waals surface area contributed by atoms with E-state index in [9.17, 15) is 0 Å². The summed E-state index contributed by atoms with van der Waals surface area (Å²) in [6, 6.07) is 62.6. The monoisotopic (exact) mass is 587 g/mol. The van der Waals surface area contributed by atoms with Gasteiger partial charge in [-0.3, -0.25) is 0 Å². The van der Waals surface area contributed by atoms with Crippen molar-refractivity contribution in [3.63, 3.8) is 0 Å². The highest BCUT2D eigenvalue weighted by atomic mass is 16.3. The van der Waals surface area contributed by atoms with Gasteiger partial charge in [0.25, 0.3) is 0 Å². The predicted molar refractivity (Wildman–Crippen MR) is 194 cm³/mol. The highest BCUT2D eigenvalue weighted by Gasteiger charge is 2.23. The van der Waals surface area contributed by atoms with Gasteiger partial charge in [-0.25, -0.2) is 0 Å². The molecule has 46 heavy (non-hydrogen) atoms. The molecule has 0 fully saturated rings. The van der Waals surface area contributed by atoms with Crippen LogP contribution in [0.3, 0.4) is 0 Å². The average molecular weight is 588 g/mol. The van der Waals surface area contributed by atoms with E-state index in [4.69, 9.17) is 4.42 Å². The molecule has 0 radical (unpaired) electrons. The normalized spacial score (nSPS) is 11.5. The first-order chi connectivity index (χ1) is 22.8. The van der Waals surface area contributed by atoms with Crippen LogP contribution in [-0.4, -0.2) is 0 Å². The van der Waals surface area contributed by atoms with Crippen LogP contribution in [0, 0.1) is 0 Å². The SMILES string of the molecule is c1ccc(-c2ccc(N(c3ccc(-c4ccccc4)c4ccccc34)c3cc4ccccc4c4c3oc3ccccc34)cc2)cc1. The molecular formula is C44H29NO. The van der Waals surface area contributed by atoms with Crippen molar-refractivity contribution in [3.8, 4) is 22.3 Å². The zero-order valence-corrected chi connectivity index (χ0v) is 25.1. The van der Waals surface area contributed by atoms with Crippen LogP contribution in [0.4, 0.5) is 17.1 Å². The lowest BCUT2D eigenvalue weighted by molar-refractivity contribution is 0.669. The molecule has 9 aromatic rings. The fourth-order valence-electron chi connectivity index (χ4n) is 6.91. The highest BCUT2D eigenvalue weighted by molar-refractivity contribution is 6.23. The largest absolute Gasteiger partial charge is 0.454 e. The minimum atomic E-state index is 0.878. The maximum atomic E-state index is 6.77. The maximum absolute atomic E-state index is 6.77. The van der Waals surface area contributed by atoms with Crippen LogP contribution < -0.4 is 4.90 Å². The molecule has 0 aliphatic heterocycles. The van der Waals surface area contributed by atoms with Gasteiger partial charge in [0.05, 0.1) is 11.4 Å². The average Bonchev–Trinajstić information content (AvgIpc) is 3.53. The Hall–Kier alpha value is -6.12. The van der Waals surface area contributed by atoms with Gasteiger partial charge in [-0.15, -0.1) is 0 Å². The van der Waals surface area contributed by atoms with Crippen LogP contribution in [0.1, 0.15) is 0 Å². The third kappa shape index (κ3) is 4.27. The molecule has 0 unspecified atom stereocenters. The van der Waals surface area contributed by atoms with Crippen molar-refractivity contribution in [2.24, 2.45) is 0 Å². The first-order valence-electron chi connectivity index (χ1n) is 15.7. The topological polar surface area (TPSA) is 16.4 Å². The Bertz CT molecular complexity index is 2510. The van der Waals surface area contributed by atoms with Gasteiger partial charge in [0.1, 0.15) is 5.58 Å². The summed E-state index contributed by atoms with van der Waals surface area (Å²) < 4.78 is 6.77. The second-order valence-corrected chi connectivity index (χ2v) is 11.7. The molecule has 0 saturated heterocycles. The molecule has 0 aliphatic rings. The quantitative estimate of drug-likeness (QED) is 0.199. The molecule has 8 aromatic carbocycles. The summed E-state index contributed by atoms with van der Waals surface area (Å²) in [7, 11) is 0. The van der Waals surface area contributed by atoms with Gasteiger partial charge >= 0.3 is 0 Å². The molecule has 0 bridgehead atoms. The van der Waals surface area contributed by atoms with Crippen LogP contribution in [0.2, 0.25) is 0 Å². The second-order valence-electron chi connectivity index (χ2n) is 11.7. The fourth-order valence-corrected chi connectivity index (χ4v) is 6.91. The number of rotatable bonds is 5. The van der Waals surface area contributed by atoms with E-state index in [0.29, 0.717) is 0 Å². The summed E-state index contributed by atoms with van der Waals surface area (Å²) in [4.78, 5) is 2.38. The minimum absolute atomic E-state index is 0.878. The summed E-state index contributed by atoms with van der Waals surface area (Å²) in [5.41, 5.74) is 9.73. The number of benzene rings is 8. The number of furan rings is 1. The van der Waals surface area contributed by atoms with Crippen molar-refractivity contribution < 1.29 is 4.42 Å². The van der Waals surface area contributed by atoms with Gasteiger partial charge < -0.3 is 9.32 Å². The van der Waals surface area contributed by atoms with Crippen LogP contribution >= 0.6 is 0 Å². The molecule has 2 nitrogen and oxygen atoms in total. The Kier molecular flexibility index (Phi) is 6.17. The van der Waals surface area contributed by atoms with Crippen LogP contribution in [0.15, 0.2) is 180 Å². The van der Waals surface area contributed by atoms with Crippen molar-refractivity contribution >= 4 is 60.5 Å². The van der Waals surface area contributed by atoms with Gasteiger partial charge in [-0.05, 0) is 68.7 Å². The molecule has 1 heterocycles. The van der Waals surface area contributed by atoms with E-state index < -0.39 is 0 Å². The number of fused-ring (bicyclic) bond motifs is 6. The van der Waals surface area contributed by atoms with Crippen molar-refractivity contribution in [2.45, 2.75) is 0 Å². The van der Waals surface area contributed by atoms with Crippen LogP contribution in [-0.2, 0) is 0 Å². The standard InChI is InChI=1S/C44H29NO/c1-3-13-30(14-4-1)31-23-25-34(26-24-31)45(40-28-27-35(32-15-5-2-6-16-32)37-19-9-10-20-38(37)40)41-29-33-17-7-8-18-36(33)43-39-21-11-12-22-42(39)46-44(41)43/h1-29H. The Morgan fingerprint density at radius 3 is 1.74 bits per heavy atom. The lowest BCUT2D eigenvalue weighted by Gasteiger charge is -2.28. The Morgan fingerprint density at radius 1 is 0.391 bits per heavy atom. The lowest BCUT2D eigenvalue weighted by atomic mass is 9.95. The third-order valence-corrected chi connectivity index (χ3v) is 9.05. The van der Waals surface area contributed by atoms with Gasteiger partial charge in [0.2, 0.25) is 0 Å². The zero-order chi connectivity index (χ0) is 30.5. The Morgan fingerprint density at radius 2 is 0.978 bits per heavy atom. The number of anilines is 3. The third-order valence-electron chi connectivity index (χ3n) is 9.05. The molecule has 0 amide bonds. The van der Waals surface area contributed by atoms with Crippen molar-refractivity contribution in [1.29, 1.82) is 0 Å². The summed E-state index contributed by atoms with van der Waals surface area (Å²) >= 11 is 0. The van der Waals surface area contributed by atoms with Gasteiger partial charge in [-0.2, -0.15) is 0 Å². The number of para-hydroxylation sites is 1. The van der Waals surface area contributed by atoms with E-state index in [2.05, 4.69) is 175 Å². The van der Waals surface area contributed by atoms with E-state index in [1.807, 2.05) is 6.07 Å². The molecule has 1 aromatic heterocycles. The van der Waals surface area contributed by atoms with Gasteiger partial charge in [0, 0.05) is 21.8 Å². The van der Waals surface area contributed by atoms with Crippen LogP contribution in [0.25, 0.3) is 65.7 Å². The molecule has 9 rings (SSSR count). The molecule has 0 atom stereocenters. The van der Waals surface area contributed by atoms with Gasteiger partial charge in [0.15, 0.2) is 5.58 Å². The molecular weight excluding hydrogens is 558 g/mol. The Balaban J connectivity index is 1.36. The van der Waals surface area contributed by atoms with Crippen molar-refractivity contribution in [1.82, 2.24) is 0 Å². The van der Waals surface area contributed by atoms with E-state index >= 15 is 0 Å². The minimum Gasteiger partial charge on any atom is -0.454 e. The molecule has 2 heteroatoms. The molecule has 216 valence electrons. The molecule has 0 spiro atoms. The smallest absolute Gasteiger partial charge is 0.160 e. The van der Waals surface area contributed by atoms with E-state index in [1.54, 1.807) is 0 Å². The van der Waals surface area contributed by atoms with E-state index in [0.717, 1.165) is 39.0 Å². The van der Waals surface area contributed by atoms with E-state index in [-0.39, 0.29) is 0 Å².